The quantitative estimate of drug-likeness (QED) is 0.887. The number of hydrogen-bond acceptors (Lipinski definition) is 4. The van der Waals surface area contributed by atoms with Gasteiger partial charge in [0.25, 0.3) is 5.91 Å². The smallest absolute Gasteiger partial charge is 0.313 e. The molecular weight excluding hydrogens is 360 g/mol. The number of hydrogen-bond donors (Lipinski definition) is 1. The molecule has 8 heteroatoms. The molecule has 3 rings (SSSR count). The minimum absolute atomic E-state index is 0.154. The van der Waals surface area contributed by atoms with Crippen molar-refractivity contribution < 1.29 is 33.0 Å². The normalized spacial score (nSPS) is 18.9. The van der Waals surface area contributed by atoms with Crippen molar-refractivity contribution in [2.45, 2.75) is 12.0 Å². The summed E-state index contributed by atoms with van der Waals surface area (Å²) in [5.74, 6) is -4.49. The number of ether oxygens (including phenoxy) is 2. The molecule has 0 saturated heterocycles. The van der Waals surface area contributed by atoms with Crippen molar-refractivity contribution in [3.05, 3.63) is 58.7 Å². The number of carboxylic acid groups (broad SMARTS) is 1. The molecule has 1 heterocycles. The molecule has 0 saturated carbocycles. The molecule has 0 fully saturated rings. The molecule has 0 unspecified atom stereocenters. The number of rotatable bonds is 4. The number of carboxylic acids is 1. The third kappa shape index (κ3) is 2.97. The number of carbonyl (C=O) groups excluding carboxylic acids is 1. The van der Waals surface area contributed by atoms with Crippen LogP contribution in [0.3, 0.4) is 0 Å². The zero-order chi connectivity index (χ0) is 19.9. The number of benzene rings is 2. The van der Waals surface area contributed by atoms with E-state index in [2.05, 4.69) is 0 Å². The van der Waals surface area contributed by atoms with Crippen molar-refractivity contribution in [1.82, 2.24) is 4.90 Å². The Balaban J connectivity index is 2.24. The number of methoxy groups -OCH3 is 2. The fourth-order valence-electron chi connectivity index (χ4n) is 3.43. The van der Waals surface area contributed by atoms with E-state index < -0.39 is 35.5 Å². The van der Waals surface area contributed by atoms with Gasteiger partial charge in [0.15, 0.2) is 23.1 Å². The van der Waals surface area contributed by atoms with Gasteiger partial charge in [-0.1, -0.05) is 6.07 Å². The molecule has 6 nitrogen and oxygen atoms in total. The van der Waals surface area contributed by atoms with Crippen LogP contribution in [-0.4, -0.2) is 43.2 Å². The van der Waals surface area contributed by atoms with Crippen LogP contribution in [0.4, 0.5) is 8.78 Å². The number of amides is 1. The number of carbonyl (C=O) groups is 2. The second-order valence-electron chi connectivity index (χ2n) is 6.14. The average Bonchev–Trinajstić information content (AvgIpc) is 2.65. The number of halogens is 2. The summed E-state index contributed by atoms with van der Waals surface area (Å²) in [6.45, 7) is 0. The van der Waals surface area contributed by atoms with E-state index in [1.807, 2.05) is 0 Å². The molecule has 0 radical (unpaired) electrons. The molecule has 0 aromatic heterocycles. The third-order valence-corrected chi connectivity index (χ3v) is 4.73. The van der Waals surface area contributed by atoms with E-state index in [1.165, 1.54) is 44.4 Å². The maximum absolute atomic E-state index is 13.7. The first-order valence-corrected chi connectivity index (χ1v) is 8.01. The van der Waals surface area contributed by atoms with Crippen LogP contribution in [0, 0.1) is 11.6 Å². The van der Waals surface area contributed by atoms with E-state index in [1.54, 1.807) is 0 Å². The van der Waals surface area contributed by atoms with Gasteiger partial charge < -0.3 is 19.5 Å². The summed E-state index contributed by atoms with van der Waals surface area (Å²) >= 11 is 0. The van der Waals surface area contributed by atoms with Gasteiger partial charge in [-0.3, -0.25) is 9.59 Å². The Morgan fingerprint density at radius 3 is 2.26 bits per heavy atom. The van der Waals surface area contributed by atoms with E-state index in [0.717, 1.165) is 12.1 Å². The minimum Gasteiger partial charge on any atom is -0.493 e. The van der Waals surface area contributed by atoms with Crippen LogP contribution in [0.1, 0.15) is 33.4 Å². The third-order valence-electron chi connectivity index (χ3n) is 4.73. The number of nitrogens with zero attached hydrogens (tertiary/aromatic N) is 1. The molecular formula is C19H17F2NO5. The highest BCUT2D eigenvalue weighted by atomic mass is 19.2. The second-order valence-corrected chi connectivity index (χ2v) is 6.14. The van der Waals surface area contributed by atoms with Crippen molar-refractivity contribution in [3.8, 4) is 11.5 Å². The summed E-state index contributed by atoms with van der Waals surface area (Å²) in [7, 11) is 4.22. The zero-order valence-corrected chi connectivity index (χ0v) is 14.8. The molecule has 1 amide bonds. The highest BCUT2D eigenvalue weighted by Crippen LogP contribution is 2.45. The van der Waals surface area contributed by atoms with Crippen LogP contribution in [0.25, 0.3) is 0 Å². The van der Waals surface area contributed by atoms with E-state index in [-0.39, 0.29) is 28.2 Å². The fourth-order valence-corrected chi connectivity index (χ4v) is 3.43. The summed E-state index contributed by atoms with van der Waals surface area (Å²) in [5.41, 5.74) is 0.553. The van der Waals surface area contributed by atoms with E-state index >= 15 is 0 Å². The lowest BCUT2D eigenvalue weighted by Crippen LogP contribution is -2.42. The molecule has 1 aliphatic rings. The van der Waals surface area contributed by atoms with Gasteiger partial charge in [0.05, 0.1) is 20.3 Å². The van der Waals surface area contributed by atoms with Crippen molar-refractivity contribution in [2.75, 3.05) is 21.3 Å². The van der Waals surface area contributed by atoms with Crippen LogP contribution in [-0.2, 0) is 4.79 Å². The van der Waals surface area contributed by atoms with Gasteiger partial charge in [-0.25, -0.2) is 8.78 Å². The van der Waals surface area contributed by atoms with Crippen LogP contribution in [0.5, 0.6) is 11.5 Å². The van der Waals surface area contributed by atoms with Gasteiger partial charge in [-0.05, 0) is 35.4 Å². The Kier molecular flexibility index (Phi) is 4.73. The summed E-state index contributed by atoms with van der Waals surface area (Å²) in [4.78, 5) is 26.1. The van der Waals surface area contributed by atoms with Crippen molar-refractivity contribution >= 4 is 11.9 Å². The molecule has 142 valence electrons. The maximum atomic E-state index is 13.7. The molecule has 1 aliphatic heterocycles. The predicted molar refractivity (Wildman–Crippen MR) is 91.1 cm³/mol. The summed E-state index contributed by atoms with van der Waals surface area (Å²) in [6, 6.07) is 4.93. The minimum atomic E-state index is -1.21. The van der Waals surface area contributed by atoms with Crippen LogP contribution in [0.2, 0.25) is 0 Å². The molecule has 2 atom stereocenters. The number of fused-ring (bicyclic) bond motifs is 1. The zero-order valence-electron chi connectivity index (χ0n) is 14.8. The Hall–Kier alpha value is -3.16. The van der Waals surface area contributed by atoms with Gasteiger partial charge in [0.2, 0.25) is 0 Å². The number of likely N-dealkylation sites (N-methyl/N-ethyl adjacent to an activating group) is 1. The first kappa shape index (κ1) is 18.6. The second kappa shape index (κ2) is 6.86. The highest BCUT2D eigenvalue weighted by Gasteiger charge is 2.43. The molecule has 27 heavy (non-hydrogen) atoms. The Morgan fingerprint density at radius 2 is 1.70 bits per heavy atom. The Labute approximate surface area is 153 Å². The molecule has 1 N–H and O–H groups in total. The van der Waals surface area contributed by atoms with Crippen LogP contribution in [0.15, 0.2) is 30.3 Å². The van der Waals surface area contributed by atoms with Gasteiger partial charge in [-0.15, -0.1) is 0 Å². The maximum Gasteiger partial charge on any atom is 0.313 e. The molecule has 0 spiro atoms. The van der Waals surface area contributed by atoms with Crippen molar-refractivity contribution in [2.24, 2.45) is 0 Å². The summed E-state index contributed by atoms with van der Waals surface area (Å²) in [6.07, 6.45) is 0. The van der Waals surface area contributed by atoms with Crippen molar-refractivity contribution in [3.63, 3.8) is 0 Å². The highest BCUT2D eigenvalue weighted by molar-refractivity contribution is 6.01. The lowest BCUT2D eigenvalue weighted by molar-refractivity contribution is -0.140. The lowest BCUT2D eigenvalue weighted by Gasteiger charge is -2.38. The average molecular weight is 377 g/mol. The van der Waals surface area contributed by atoms with Crippen LogP contribution >= 0.6 is 0 Å². The SMILES string of the molecule is COc1cc2c(cc1OC)[C@@H](C(=O)O)[C@@H](c1ccc(F)c(F)c1)N(C)C2=O. The van der Waals surface area contributed by atoms with Crippen LogP contribution < -0.4 is 9.47 Å². The fraction of sp³-hybridized carbons (Fsp3) is 0.263. The van der Waals surface area contributed by atoms with Gasteiger partial charge >= 0.3 is 5.97 Å². The summed E-state index contributed by atoms with van der Waals surface area (Å²) in [5, 5.41) is 9.86. The Morgan fingerprint density at radius 1 is 1.07 bits per heavy atom. The summed E-state index contributed by atoms with van der Waals surface area (Å²) < 4.78 is 37.5. The lowest BCUT2D eigenvalue weighted by atomic mass is 9.79. The predicted octanol–water partition coefficient (Wildman–Crippen LogP) is 2.98. The number of aliphatic carboxylic acids is 1. The van der Waals surface area contributed by atoms with E-state index in [0.29, 0.717) is 0 Å². The van der Waals surface area contributed by atoms with E-state index in [9.17, 15) is 23.5 Å². The molecule has 0 bridgehead atoms. The molecule has 0 aliphatic carbocycles. The van der Waals surface area contributed by atoms with Gasteiger partial charge in [0, 0.05) is 12.6 Å². The van der Waals surface area contributed by atoms with Crippen molar-refractivity contribution in [1.29, 1.82) is 0 Å². The van der Waals surface area contributed by atoms with Gasteiger partial charge in [-0.2, -0.15) is 0 Å². The first-order chi connectivity index (χ1) is 12.8. The monoisotopic (exact) mass is 377 g/mol. The molecule has 2 aromatic rings. The largest absolute Gasteiger partial charge is 0.493 e. The topological polar surface area (TPSA) is 76.1 Å². The molecule has 2 aromatic carbocycles. The van der Waals surface area contributed by atoms with Gasteiger partial charge in [0.1, 0.15) is 5.92 Å². The standard InChI is InChI=1S/C19H17F2NO5/c1-22-17(9-4-5-12(20)13(21)6-9)16(19(24)25)10-7-14(26-2)15(27-3)8-11(10)18(22)23/h4-8,16-17H,1-3H3,(H,24,25)/t16-,17-/m1/s1. The first-order valence-electron chi connectivity index (χ1n) is 8.01. The van der Waals surface area contributed by atoms with E-state index in [4.69, 9.17) is 9.47 Å². The Bertz CT molecular complexity index is 931.